The van der Waals surface area contributed by atoms with Crippen LogP contribution in [0.5, 0.6) is 0 Å². The van der Waals surface area contributed by atoms with E-state index < -0.39 is 0 Å². The number of pyridine rings is 1. The highest BCUT2D eigenvalue weighted by molar-refractivity contribution is 5.78. The summed E-state index contributed by atoms with van der Waals surface area (Å²) in [6.07, 6.45) is 6.66. The van der Waals surface area contributed by atoms with Gasteiger partial charge in [-0.15, -0.1) is 0 Å². The lowest BCUT2D eigenvalue weighted by molar-refractivity contribution is -0.142. The Morgan fingerprint density at radius 1 is 1.28 bits per heavy atom. The number of hydrogen-bond donors (Lipinski definition) is 1. The molecule has 0 saturated carbocycles. The van der Waals surface area contributed by atoms with Crippen molar-refractivity contribution < 1.29 is 14.3 Å². The van der Waals surface area contributed by atoms with Crippen molar-refractivity contribution in [3.05, 3.63) is 30.1 Å². The number of ether oxygens (including phenoxy) is 1. The van der Waals surface area contributed by atoms with Gasteiger partial charge in [-0.05, 0) is 36.8 Å². The van der Waals surface area contributed by atoms with Crippen LogP contribution in [0.1, 0.15) is 37.8 Å². The first-order chi connectivity index (χ1) is 14.1. The van der Waals surface area contributed by atoms with Crippen molar-refractivity contribution in [3.63, 3.8) is 0 Å². The van der Waals surface area contributed by atoms with Crippen molar-refractivity contribution >= 4 is 11.8 Å². The summed E-state index contributed by atoms with van der Waals surface area (Å²) in [5.41, 5.74) is 1.20. The molecular formula is C22H32N4O3. The van der Waals surface area contributed by atoms with Crippen LogP contribution in [-0.2, 0) is 20.7 Å². The topological polar surface area (TPSA) is 74.8 Å². The third kappa shape index (κ3) is 5.14. The maximum atomic E-state index is 12.7. The molecule has 158 valence electrons. The number of aromatic nitrogens is 1. The fourth-order valence-corrected chi connectivity index (χ4v) is 4.83. The standard InChI is InChI=1S/C22H32N4O3/c27-20-4-6-22(17-26(20)11-5-18-3-1-2-9-23-18)7-12-25(13-8-22)21(28)15-19-16-29-14-10-24-19/h1-3,9,19,24H,4-8,10-17H2/t19-/m0/s1. The van der Waals surface area contributed by atoms with Crippen molar-refractivity contribution in [3.8, 4) is 0 Å². The van der Waals surface area contributed by atoms with Gasteiger partial charge < -0.3 is 19.9 Å². The van der Waals surface area contributed by atoms with E-state index in [9.17, 15) is 9.59 Å². The van der Waals surface area contributed by atoms with Gasteiger partial charge in [0, 0.05) is 69.9 Å². The van der Waals surface area contributed by atoms with E-state index in [4.69, 9.17) is 4.74 Å². The Balaban J connectivity index is 1.27. The van der Waals surface area contributed by atoms with Crippen LogP contribution in [0.25, 0.3) is 0 Å². The number of carbonyl (C=O) groups is 2. The quantitative estimate of drug-likeness (QED) is 0.805. The second-order valence-corrected chi connectivity index (χ2v) is 8.70. The average Bonchev–Trinajstić information content (AvgIpc) is 2.76. The lowest BCUT2D eigenvalue weighted by Gasteiger charge is -2.47. The van der Waals surface area contributed by atoms with Crippen LogP contribution in [0.15, 0.2) is 24.4 Å². The zero-order valence-corrected chi connectivity index (χ0v) is 17.1. The lowest BCUT2D eigenvalue weighted by Crippen LogP contribution is -2.53. The maximum Gasteiger partial charge on any atom is 0.224 e. The molecule has 7 nitrogen and oxygen atoms in total. The molecule has 3 aliphatic heterocycles. The smallest absolute Gasteiger partial charge is 0.224 e. The summed E-state index contributed by atoms with van der Waals surface area (Å²) in [7, 11) is 0. The molecule has 1 atom stereocenters. The molecule has 4 rings (SSSR count). The minimum absolute atomic E-state index is 0.140. The number of carbonyl (C=O) groups excluding carboxylic acids is 2. The number of amides is 2. The number of piperidine rings is 2. The number of nitrogens with zero attached hydrogens (tertiary/aromatic N) is 3. The Bertz CT molecular complexity index is 697. The Kier molecular flexibility index (Phi) is 6.45. The summed E-state index contributed by atoms with van der Waals surface area (Å²) in [6, 6.07) is 6.06. The van der Waals surface area contributed by atoms with E-state index in [0.717, 1.165) is 70.7 Å². The molecule has 4 heterocycles. The Morgan fingerprint density at radius 2 is 2.14 bits per heavy atom. The van der Waals surface area contributed by atoms with Crippen LogP contribution >= 0.6 is 0 Å². The van der Waals surface area contributed by atoms with E-state index in [-0.39, 0.29) is 23.3 Å². The molecule has 1 spiro atoms. The molecule has 1 aromatic heterocycles. The molecule has 1 aromatic rings. The first kappa shape index (κ1) is 20.3. The van der Waals surface area contributed by atoms with Gasteiger partial charge >= 0.3 is 0 Å². The number of likely N-dealkylation sites (tertiary alicyclic amines) is 2. The van der Waals surface area contributed by atoms with Gasteiger partial charge in [0.05, 0.1) is 13.2 Å². The average molecular weight is 401 g/mol. The molecule has 3 fully saturated rings. The van der Waals surface area contributed by atoms with Gasteiger partial charge in [-0.3, -0.25) is 14.6 Å². The third-order valence-electron chi connectivity index (χ3n) is 6.71. The number of rotatable bonds is 5. The Morgan fingerprint density at radius 3 is 2.86 bits per heavy atom. The zero-order valence-electron chi connectivity index (χ0n) is 17.1. The lowest BCUT2D eigenvalue weighted by atomic mass is 9.72. The SMILES string of the molecule is O=C(C[C@H]1COCCN1)N1CCC2(CCC(=O)N(CCc3ccccn3)C2)CC1. The number of nitrogens with one attached hydrogen (secondary N) is 1. The van der Waals surface area contributed by atoms with Crippen LogP contribution in [0.4, 0.5) is 0 Å². The maximum absolute atomic E-state index is 12.7. The second-order valence-electron chi connectivity index (χ2n) is 8.70. The van der Waals surface area contributed by atoms with Crippen LogP contribution < -0.4 is 5.32 Å². The minimum atomic E-state index is 0.140. The fraction of sp³-hybridized carbons (Fsp3) is 0.682. The van der Waals surface area contributed by atoms with Crippen molar-refractivity contribution in [2.45, 2.75) is 44.6 Å². The first-order valence-corrected chi connectivity index (χ1v) is 10.9. The second kappa shape index (κ2) is 9.22. The highest BCUT2D eigenvalue weighted by Gasteiger charge is 2.41. The van der Waals surface area contributed by atoms with E-state index in [1.54, 1.807) is 6.20 Å². The van der Waals surface area contributed by atoms with Gasteiger partial charge in [0.2, 0.25) is 11.8 Å². The molecule has 0 bridgehead atoms. The molecule has 3 saturated heterocycles. The molecule has 1 N–H and O–H groups in total. The molecule has 0 unspecified atom stereocenters. The summed E-state index contributed by atoms with van der Waals surface area (Å²) in [5.74, 6) is 0.482. The molecule has 0 aromatic carbocycles. The first-order valence-electron chi connectivity index (χ1n) is 10.9. The van der Waals surface area contributed by atoms with Gasteiger partial charge in [-0.1, -0.05) is 6.07 Å². The predicted molar refractivity (Wildman–Crippen MR) is 109 cm³/mol. The van der Waals surface area contributed by atoms with Crippen LogP contribution in [0.2, 0.25) is 0 Å². The highest BCUT2D eigenvalue weighted by atomic mass is 16.5. The minimum Gasteiger partial charge on any atom is -0.378 e. The van der Waals surface area contributed by atoms with E-state index in [0.29, 0.717) is 19.4 Å². The van der Waals surface area contributed by atoms with E-state index >= 15 is 0 Å². The Labute approximate surface area is 172 Å². The van der Waals surface area contributed by atoms with Crippen LogP contribution in [0.3, 0.4) is 0 Å². The van der Waals surface area contributed by atoms with Crippen molar-refractivity contribution in [1.82, 2.24) is 20.1 Å². The fourth-order valence-electron chi connectivity index (χ4n) is 4.83. The summed E-state index contributed by atoms with van der Waals surface area (Å²) in [6.45, 7) is 5.32. The molecule has 2 amide bonds. The summed E-state index contributed by atoms with van der Waals surface area (Å²) < 4.78 is 5.46. The largest absolute Gasteiger partial charge is 0.378 e. The van der Waals surface area contributed by atoms with Gasteiger partial charge in [0.1, 0.15) is 0 Å². The predicted octanol–water partition coefficient (Wildman–Crippen LogP) is 1.23. The molecule has 3 aliphatic rings. The van der Waals surface area contributed by atoms with Crippen LogP contribution in [-0.4, -0.2) is 78.6 Å². The molecule has 0 radical (unpaired) electrons. The van der Waals surface area contributed by atoms with Crippen molar-refractivity contribution in [2.24, 2.45) is 5.41 Å². The molecule has 0 aliphatic carbocycles. The summed E-state index contributed by atoms with van der Waals surface area (Å²) >= 11 is 0. The van der Waals surface area contributed by atoms with Crippen LogP contribution in [0, 0.1) is 5.41 Å². The van der Waals surface area contributed by atoms with E-state index in [2.05, 4.69) is 10.3 Å². The van der Waals surface area contributed by atoms with E-state index in [1.807, 2.05) is 28.0 Å². The summed E-state index contributed by atoms with van der Waals surface area (Å²) in [4.78, 5) is 33.5. The Hall–Kier alpha value is -1.99. The normalized spacial score (nSPS) is 24.7. The third-order valence-corrected chi connectivity index (χ3v) is 6.71. The number of morpholine rings is 1. The number of hydrogen-bond acceptors (Lipinski definition) is 5. The van der Waals surface area contributed by atoms with E-state index in [1.165, 1.54) is 0 Å². The molecule has 29 heavy (non-hydrogen) atoms. The van der Waals surface area contributed by atoms with Crippen molar-refractivity contribution in [1.29, 1.82) is 0 Å². The van der Waals surface area contributed by atoms with Gasteiger partial charge in [-0.2, -0.15) is 0 Å². The van der Waals surface area contributed by atoms with Crippen molar-refractivity contribution in [2.75, 3.05) is 45.9 Å². The highest BCUT2D eigenvalue weighted by Crippen LogP contribution is 2.40. The van der Waals surface area contributed by atoms with Gasteiger partial charge in [-0.25, -0.2) is 0 Å². The van der Waals surface area contributed by atoms with Gasteiger partial charge in [0.25, 0.3) is 0 Å². The van der Waals surface area contributed by atoms with Gasteiger partial charge in [0.15, 0.2) is 0 Å². The summed E-state index contributed by atoms with van der Waals surface area (Å²) in [5, 5.41) is 3.36. The molecular weight excluding hydrogens is 368 g/mol. The monoisotopic (exact) mass is 400 g/mol. The molecule has 7 heteroatoms. The zero-order chi connectivity index (χ0) is 20.1.